The van der Waals surface area contributed by atoms with Crippen molar-refractivity contribution in [2.45, 2.75) is 20.0 Å². The summed E-state index contributed by atoms with van der Waals surface area (Å²) < 4.78 is 4.94. The third-order valence-electron chi connectivity index (χ3n) is 1.37. The fourth-order valence-corrected chi connectivity index (χ4v) is 0.840. The second-order valence-electron chi connectivity index (χ2n) is 2.25. The van der Waals surface area contributed by atoms with Crippen molar-refractivity contribution in [3.05, 3.63) is 23.8 Å². The topological polar surface area (TPSA) is 35.0 Å². The van der Waals surface area contributed by atoms with Gasteiger partial charge in [-0.2, -0.15) is 0 Å². The predicted molar refractivity (Wildman–Crippen MR) is 42.1 cm³/mol. The van der Waals surface area contributed by atoms with Gasteiger partial charge in [-0.3, -0.25) is 0 Å². The van der Waals surface area contributed by atoms with Gasteiger partial charge < -0.3 is 4.74 Å². The average Bonchev–Trinajstić information content (AvgIpc) is 2.06. The smallest absolute Gasteiger partial charge is 0.128 e. The molecule has 0 atom stereocenters. The Bertz CT molecular complexity index is 225. The van der Waals surface area contributed by atoms with E-state index in [4.69, 9.17) is 4.74 Å². The fourth-order valence-electron chi connectivity index (χ4n) is 0.840. The van der Waals surface area contributed by atoms with Crippen molar-refractivity contribution in [2.75, 3.05) is 7.11 Å². The van der Waals surface area contributed by atoms with E-state index in [1.807, 2.05) is 13.0 Å². The van der Waals surface area contributed by atoms with Crippen LogP contribution in [-0.4, -0.2) is 17.1 Å². The number of aryl methyl sites for hydroxylation is 1. The quantitative estimate of drug-likeness (QED) is 0.652. The van der Waals surface area contributed by atoms with Crippen molar-refractivity contribution in [2.24, 2.45) is 0 Å². The highest BCUT2D eigenvalue weighted by molar-refractivity contribution is 5.00. The standard InChI is InChI=1S/C8H12N2O/c1-3-8-9-5-4-7(10-8)6-11-2/h4-5H,3,6H2,1-2H3. The number of ether oxygens (including phenoxy) is 1. The van der Waals surface area contributed by atoms with Crippen LogP contribution in [0, 0.1) is 0 Å². The van der Waals surface area contributed by atoms with Crippen LogP contribution < -0.4 is 0 Å². The monoisotopic (exact) mass is 152 g/mol. The minimum atomic E-state index is 0.565. The summed E-state index contributed by atoms with van der Waals surface area (Å²) in [4.78, 5) is 8.32. The SMILES string of the molecule is CCc1nccc(COC)n1. The molecule has 60 valence electrons. The van der Waals surface area contributed by atoms with Gasteiger partial charge in [-0.05, 0) is 6.07 Å². The van der Waals surface area contributed by atoms with E-state index in [9.17, 15) is 0 Å². The molecule has 0 aromatic carbocycles. The summed E-state index contributed by atoms with van der Waals surface area (Å²) in [6.07, 6.45) is 2.64. The number of aromatic nitrogens is 2. The van der Waals surface area contributed by atoms with Gasteiger partial charge in [0, 0.05) is 19.7 Å². The molecule has 0 spiro atoms. The van der Waals surface area contributed by atoms with E-state index in [-0.39, 0.29) is 0 Å². The maximum Gasteiger partial charge on any atom is 0.128 e. The highest BCUT2D eigenvalue weighted by Crippen LogP contribution is 1.97. The largest absolute Gasteiger partial charge is 0.378 e. The molecule has 0 unspecified atom stereocenters. The molecule has 1 heterocycles. The second kappa shape index (κ2) is 4.03. The molecule has 0 aliphatic heterocycles. The van der Waals surface area contributed by atoms with Crippen molar-refractivity contribution >= 4 is 0 Å². The summed E-state index contributed by atoms with van der Waals surface area (Å²) in [6, 6.07) is 1.86. The van der Waals surface area contributed by atoms with Gasteiger partial charge in [0.15, 0.2) is 0 Å². The Hall–Kier alpha value is -0.960. The van der Waals surface area contributed by atoms with Crippen molar-refractivity contribution in [1.29, 1.82) is 0 Å². The third kappa shape index (κ3) is 2.27. The van der Waals surface area contributed by atoms with Crippen LogP contribution in [0.2, 0.25) is 0 Å². The lowest BCUT2D eigenvalue weighted by Gasteiger charge is -1.99. The molecule has 0 saturated heterocycles. The van der Waals surface area contributed by atoms with Crippen molar-refractivity contribution in [3.8, 4) is 0 Å². The zero-order valence-electron chi connectivity index (χ0n) is 6.87. The molecule has 0 radical (unpaired) electrons. The van der Waals surface area contributed by atoms with Gasteiger partial charge in [-0.15, -0.1) is 0 Å². The summed E-state index contributed by atoms with van der Waals surface area (Å²) in [6.45, 7) is 2.60. The van der Waals surface area contributed by atoms with Gasteiger partial charge in [0.1, 0.15) is 5.82 Å². The van der Waals surface area contributed by atoms with Crippen LogP contribution in [0.1, 0.15) is 18.4 Å². The lowest BCUT2D eigenvalue weighted by Crippen LogP contribution is -1.98. The number of methoxy groups -OCH3 is 1. The van der Waals surface area contributed by atoms with E-state index in [0.717, 1.165) is 17.9 Å². The van der Waals surface area contributed by atoms with Gasteiger partial charge in [-0.25, -0.2) is 9.97 Å². The van der Waals surface area contributed by atoms with Gasteiger partial charge >= 0.3 is 0 Å². The Morgan fingerprint density at radius 3 is 3.00 bits per heavy atom. The normalized spacial score (nSPS) is 10.0. The van der Waals surface area contributed by atoms with Crippen LogP contribution in [0.25, 0.3) is 0 Å². The molecular formula is C8H12N2O. The summed E-state index contributed by atoms with van der Waals surface area (Å²) in [5, 5.41) is 0. The zero-order chi connectivity index (χ0) is 8.10. The molecule has 0 aliphatic rings. The second-order valence-corrected chi connectivity index (χ2v) is 2.25. The Balaban J connectivity index is 2.74. The highest BCUT2D eigenvalue weighted by atomic mass is 16.5. The van der Waals surface area contributed by atoms with Crippen LogP contribution in [-0.2, 0) is 17.8 Å². The van der Waals surface area contributed by atoms with E-state index in [0.29, 0.717) is 6.61 Å². The molecular weight excluding hydrogens is 140 g/mol. The maximum atomic E-state index is 4.94. The lowest BCUT2D eigenvalue weighted by molar-refractivity contribution is 0.181. The van der Waals surface area contributed by atoms with E-state index >= 15 is 0 Å². The van der Waals surface area contributed by atoms with Gasteiger partial charge in [0.2, 0.25) is 0 Å². The van der Waals surface area contributed by atoms with E-state index in [1.165, 1.54) is 0 Å². The first-order valence-electron chi connectivity index (χ1n) is 3.66. The zero-order valence-corrected chi connectivity index (χ0v) is 6.87. The van der Waals surface area contributed by atoms with E-state index < -0.39 is 0 Å². The molecule has 1 aromatic rings. The Morgan fingerprint density at radius 1 is 1.55 bits per heavy atom. The molecule has 3 nitrogen and oxygen atoms in total. The molecule has 0 fully saturated rings. The summed E-state index contributed by atoms with van der Waals surface area (Å²) >= 11 is 0. The van der Waals surface area contributed by atoms with E-state index in [2.05, 4.69) is 9.97 Å². The Morgan fingerprint density at radius 2 is 2.36 bits per heavy atom. The summed E-state index contributed by atoms with van der Waals surface area (Å²) in [7, 11) is 1.66. The predicted octanol–water partition coefficient (Wildman–Crippen LogP) is 1.19. The molecule has 1 aromatic heterocycles. The molecule has 0 saturated carbocycles. The fraction of sp³-hybridized carbons (Fsp3) is 0.500. The van der Waals surface area contributed by atoms with E-state index in [1.54, 1.807) is 13.3 Å². The molecule has 0 bridgehead atoms. The first kappa shape index (κ1) is 8.14. The molecule has 3 heteroatoms. The average molecular weight is 152 g/mol. The molecule has 0 N–H and O–H groups in total. The molecule has 0 aliphatic carbocycles. The Kier molecular flexibility index (Phi) is 2.98. The van der Waals surface area contributed by atoms with Crippen LogP contribution in [0.4, 0.5) is 0 Å². The van der Waals surface area contributed by atoms with Crippen molar-refractivity contribution < 1.29 is 4.74 Å². The summed E-state index contributed by atoms with van der Waals surface area (Å²) in [5.74, 6) is 0.875. The lowest BCUT2D eigenvalue weighted by atomic mass is 10.4. The van der Waals surface area contributed by atoms with Gasteiger partial charge in [0.05, 0.1) is 12.3 Å². The van der Waals surface area contributed by atoms with Crippen LogP contribution in [0.3, 0.4) is 0 Å². The number of nitrogens with zero attached hydrogens (tertiary/aromatic N) is 2. The molecule has 0 amide bonds. The minimum absolute atomic E-state index is 0.565. The number of rotatable bonds is 3. The number of hydrogen-bond donors (Lipinski definition) is 0. The van der Waals surface area contributed by atoms with Gasteiger partial charge in [-0.1, -0.05) is 6.92 Å². The Labute approximate surface area is 66.4 Å². The van der Waals surface area contributed by atoms with Crippen LogP contribution in [0.15, 0.2) is 12.3 Å². The summed E-state index contributed by atoms with van der Waals surface area (Å²) in [5.41, 5.74) is 0.944. The number of hydrogen-bond acceptors (Lipinski definition) is 3. The maximum absolute atomic E-state index is 4.94. The van der Waals surface area contributed by atoms with Crippen molar-refractivity contribution in [3.63, 3.8) is 0 Å². The third-order valence-corrected chi connectivity index (χ3v) is 1.37. The highest BCUT2D eigenvalue weighted by Gasteiger charge is 1.94. The minimum Gasteiger partial charge on any atom is -0.378 e. The van der Waals surface area contributed by atoms with Gasteiger partial charge in [0.25, 0.3) is 0 Å². The molecule has 11 heavy (non-hydrogen) atoms. The van der Waals surface area contributed by atoms with Crippen molar-refractivity contribution in [1.82, 2.24) is 9.97 Å². The van der Waals surface area contributed by atoms with Crippen LogP contribution in [0.5, 0.6) is 0 Å². The van der Waals surface area contributed by atoms with Crippen LogP contribution >= 0.6 is 0 Å². The first-order valence-corrected chi connectivity index (χ1v) is 3.66. The molecule has 1 rings (SSSR count). The first-order chi connectivity index (χ1) is 5.36.